The van der Waals surface area contributed by atoms with E-state index in [0.717, 1.165) is 5.69 Å². The van der Waals surface area contributed by atoms with E-state index in [1.165, 1.54) is 0 Å². The second-order valence-corrected chi connectivity index (χ2v) is 5.48. The molecule has 2 N–H and O–H groups in total. The molecule has 2 aromatic rings. The highest BCUT2D eigenvalue weighted by Crippen LogP contribution is 2.13. The minimum atomic E-state index is -0.384. The molecule has 0 bridgehead atoms. The van der Waals surface area contributed by atoms with Gasteiger partial charge in [0.15, 0.2) is 0 Å². The molecule has 0 atom stereocenters. The third-order valence-electron chi connectivity index (χ3n) is 3.11. The van der Waals surface area contributed by atoms with Crippen molar-refractivity contribution in [3.63, 3.8) is 0 Å². The van der Waals surface area contributed by atoms with Crippen LogP contribution in [0.15, 0.2) is 42.6 Å². The van der Waals surface area contributed by atoms with Crippen molar-refractivity contribution in [3.05, 3.63) is 53.9 Å². The lowest BCUT2D eigenvalue weighted by Crippen LogP contribution is -2.15. The molecule has 1 heterocycles. The van der Waals surface area contributed by atoms with E-state index in [1.54, 1.807) is 43.5 Å². The fraction of sp³-hybridized carbons (Fsp3) is 0.278. The number of pyridine rings is 1. The van der Waals surface area contributed by atoms with E-state index < -0.39 is 0 Å². The summed E-state index contributed by atoms with van der Waals surface area (Å²) in [7, 11) is 0. The number of aromatic nitrogens is 1. The Labute approximate surface area is 141 Å². The van der Waals surface area contributed by atoms with Crippen LogP contribution in [0, 0.1) is 0 Å². The van der Waals surface area contributed by atoms with Gasteiger partial charge in [0, 0.05) is 11.7 Å². The largest absolute Gasteiger partial charge is 0.462 e. The first-order valence-corrected chi connectivity index (χ1v) is 7.80. The molecular weight excluding hydrogens is 306 g/mol. The topological polar surface area (TPSA) is 80.3 Å². The van der Waals surface area contributed by atoms with Gasteiger partial charge in [-0.1, -0.05) is 0 Å². The fourth-order valence-electron chi connectivity index (χ4n) is 2.05. The summed E-state index contributed by atoms with van der Waals surface area (Å²) < 4.78 is 4.91. The predicted octanol–water partition coefficient (Wildman–Crippen LogP) is 3.33. The third-order valence-corrected chi connectivity index (χ3v) is 3.11. The molecule has 0 aliphatic heterocycles. The summed E-state index contributed by atoms with van der Waals surface area (Å²) in [6.07, 6.45) is 1.62. The van der Waals surface area contributed by atoms with Crippen LogP contribution in [0.5, 0.6) is 0 Å². The Morgan fingerprint density at radius 1 is 1.08 bits per heavy atom. The summed E-state index contributed by atoms with van der Waals surface area (Å²) in [5.74, 6) is -0.694. The number of amides is 1. The minimum absolute atomic E-state index is 0.296. The molecule has 0 spiro atoms. The Kier molecular flexibility index (Phi) is 5.89. The van der Waals surface area contributed by atoms with Crippen molar-refractivity contribution in [1.82, 2.24) is 4.98 Å². The first-order valence-electron chi connectivity index (χ1n) is 7.80. The zero-order valence-electron chi connectivity index (χ0n) is 14.0. The summed E-state index contributed by atoms with van der Waals surface area (Å²) in [4.78, 5) is 27.9. The molecule has 0 radical (unpaired) electrons. The fourth-order valence-corrected chi connectivity index (χ4v) is 2.05. The maximum absolute atomic E-state index is 12.2. The lowest BCUT2D eigenvalue weighted by atomic mass is 10.2. The lowest BCUT2D eigenvalue weighted by molar-refractivity contribution is 0.0526. The van der Waals surface area contributed by atoms with Gasteiger partial charge < -0.3 is 15.4 Å². The number of carbonyl (C=O) groups excluding carboxylic acids is 2. The van der Waals surface area contributed by atoms with E-state index in [1.807, 2.05) is 19.9 Å². The maximum Gasteiger partial charge on any atom is 0.338 e. The van der Waals surface area contributed by atoms with Crippen LogP contribution >= 0.6 is 0 Å². The average Bonchev–Trinajstić information content (AvgIpc) is 2.56. The maximum atomic E-state index is 12.2. The summed E-state index contributed by atoms with van der Waals surface area (Å²) in [5.41, 5.74) is 2.20. The zero-order valence-corrected chi connectivity index (χ0v) is 14.0. The molecule has 6 nitrogen and oxygen atoms in total. The number of rotatable bonds is 6. The number of hydrogen-bond acceptors (Lipinski definition) is 5. The Hall–Kier alpha value is -2.89. The van der Waals surface area contributed by atoms with Crippen LogP contribution in [0.4, 0.5) is 11.4 Å². The second kappa shape index (κ2) is 8.10. The van der Waals surface area contributed by atoms with Crippen molar-refractivity contribution >= 4 is 23.3 Å². The number of nitrogens with one attached hydrogen (secondary N) is 2. The first-order chi connectivity index (χ1) is 11.5. The van der Waals surface area contributed by atoms with Crippen molar-refractivity contribution in [2.75, 3.05) is 17.2 Å². The molecule has 0 aliphatic rings. The number of nitrogens with zero attached hydrogens (tertiary/aromatic N) is 1. The van der Waals surface area contributed by atoms with Crippen LogP contribution in [-0.4, -0.2) is 29.5 Å². The molecule has 0 unspecified atom stereocenters. The molecule has 24 heavy (non-hydrogen) atoms. The van der Waals surface area contributed by atoms with Gasteiger partial charge in [0.25, 0.3) is 5.91 Å². The zero-order chi connectivity index (χ0) is 17.5. The quantitative estimate of drug-likeness (QED) is 0.796. The first kappa shape index (κ1) is 17.5. The van der Waals surface area contributed by atoms with Gasteiger partial charge in [-0.2, -0.15) is 0 Å². The number of benzene rings is 1. The van der Waals surface area contributed by atoms with E-state index in [9.17, 15) is 9.59 Å². The van der Waals surface area contributed by atoms with Crippen LogP contribution < -0.4 is 10.6 Å². The van der Waals surface area contributed by atoms with E-state index in [2.05, 4.69) is 15.6 Å². The van der Waals surface area contributed by atoms with Crippen LogP contribution in [0.2, 0.25) is 0 Å². The van der Waals surface area contributed by atoms with Gasteiger partial charge in [-0.05, 0) is 57.2 Å². The van der Waals surface area contributed by atoms with Gasteiger partial charge in [-0.25, -0.2) is 9.78 Å². The van der Waals surface area contributed by atoms with Crippen molar-refractivity contribution in [2.45, 2.75) is 26.8 Å². The molecule has 0 saturated carbocycles. The highest BCUT2D eigenvalue weighted by molar-refractivity contribution is 6.03. The average molecular weight is 327 g/mol. The van der Waals surface area contributed by atoms with Gasteiger partial charge >= 0.3 is 5.97 Å². The van der Waals surface area contributed by atoms with Crippen molar-refractivity contribution < 1.29 is 14.3 Å². The normalized spacial score (nSPS) is 10.3. The van der Waals surface area contributed by atoms with E-state index in [-0.39, 0.29) is 11.9 Å². The molecule has 1 amide bonds. The molecule has 0 fully saturated rings. The molecule has 6 heteroatoms. The summed E-state index contributed by atoms with van der Waals surface area (Å²) in [5, 5.41) is 5.95. The van der Waals surface area contributed by atoms with Crippen LogP contribution in [0.25, 0.3) is 0 Å². The molecule has 1 aromatic heterocycles. The van der Waals surface area contributed by atoms with Crippen LogP contribution in [0.1, 0.15) is 41.6 Å². The minimum Gasteiger partial charge on any atom is -0.462 e. The number of carbonyl (C=O) groups is 2. The van der Waals surface area contributed by atoms with E-state index >= 15 is 0 Å². The SMILES string of the molecule is CCOC(=O)c1ccc(NC(=O)c2ccc(NC(C)C)cn2)cc1. The van der Waals surface area contributed by atoms with Crippen molar-refractivity contribution in [1.29, 1.82) is 0 Å². The molecule has 0 saturated heterocycles. The lowest BCUT2D eigenvalue weighted by Gasteiger charge is -2.10. The number of hydrogen-bond donors (Lipinski definition) is 2. The highest BCUT2D eigenvalue weighted by Gasteiger charge is 2.10. The van der Waals surface area contributed by atoms with Gasteiger partial charge in [0.2, 0.25) is 0 Å². The third kappa shape index (κ3) is 4.81. The van der Waals surface area contributed by atoms with Crippen LogP contribution in [-0.2, 0) is 4.74 Å². The predicted molar refractivity (Wildman–Crippen MR) is 93.3 cm³/mol. The summed E-state index contributed by atoms with van der Waals surface area (Å²) in [6, 6.07) is 10.3. The monoisotopic (exact) mass is 327 g/mol. The second-order valence-electron chi connectivity index (χ2n) is 5.48. The smallest absolute Gasteiger partial charge is 0.338 e. The Morgan fingerprint density at radius 3 is 2.29 bits per heavy atom. The van der Waals surface area contributed by atoms with Gasteiger partial charge in [-0.3, -0.25) is 4.79 Å². The standard InChI is InChI=1S/C18H21N3O3/c1-4-24-18(23)13-5-7-14(8-6-13)21-17(22)16-10-9-15(11-19-16)20-12(2)3/h5-12,20H,4H2,1-3H3,(H,21,22). The van der Waals surface area contributed by atoms with Gasteiger partial charge in [-0.15, -0.1) is 0 Å². The molecule has 0 aliphatic carbocycles. The number of ether oxygens (including phenoxy) is 1. The highest BCUT2D eigenvalue weighted by atomic mass is 16.5. The number of esters is 1. The Morgan fingerprint density at radius 2 is 1.75 bits per heavy atom. The molecular formula is C18H21N3O3. The Balaban J connectivity index is 2.00. The summed E-state index contributed by atoms with van der Waals surface area (Å²) in [6.45, 7) is 6.13. The van der Waals surface area contributed by atoms with Crippen molar-refractivity contribution in [2.24, 2.45) is 0 Å². The van der Waals surface area contributed by atoms with Crippen molar-refractivity contribution in [3.8, 4) is 0 Å². The molecule has 1 aromatic carbocycles. The van der Waals surface area contributed by atoms with E-state index in [4.69, 9.17) is 4.74 Å². The molecule has 2 rings (SSSR count). The Bertz CT molecular complexity index is 694. The number of anilines is 2. The van der Waals surface area contributed by atoms with Crippen LogP contribution in [0.3, 0.4) is 0 Å². The summed E-state index contributed by atoms with van der Waals surface area (Å²) >= 11 is 0. The van der Waals surface area contributed by atoms with Gasteiger partial charge in [0.1, 0.15) is 5.69 Å². The van der Waals surface area contributed by atoms with Gasteiger partial charge in [0.05, 0.1) is 24.1 Å². The van der Waals surface area contributed by atoms with E-state index in [0.29, 0.717) is 29.6 Å². The molecule has 126 valence electrons.